The summed E-state index contributed by atoms with van der Waals surface area (Å²) in [5.74, 6) is 0. The highest BCUT2D eigenvalue weighted by Crippen LogP contribution is 2.41. The maximum Gasteiger partial charge on any atom is 0.0541 e. The quantitative estimate of drug-likeness (QED) is 0.141. The van der Waals surface area contributed by atoms with Crippen LogP contribution >= 0.6 is 0 Å². The molecule has 11 aromatic rings. The number of aromatic nitrogens is 1. The topological polar surface area (TPSA) is 8.17 Å². The molecule has 0 amide bonds. The van der Waals surface area contributed by atoms with Crippen LogP contribution in [-0.2, 0) is 0 Å². The molecule has 0 aliphatic carbocycles. The van der Waals surface area contributed by atoms with Gasteiger partial charge in [-0.05, 0) is 128 Å². The molecule has 1 heterocycles. The third-order valence-corrected chi connectivity index (χ3v) is 12.0. The van der Waals surface area contributed by atoms with Crippen molar-refractivity contribution >= 4 is 38.9 Å². The predicted molar refractivity (Wildman–Crippen MR) is 263 cm³/mol. The Balaban J connectivity index is 1.02. The molecule has 0 fully saturated rings. The maximum absolute atomic E-state index is 2.43. The van der Waals surface area contributed by atoms with Gasteiger partial charge in [-0.3, -0.25) is 0 Å². The predicted octanol–water partition coefficient (Wildman–Crippen LogP) is 16.6. The molecule has 0 bridgehead atoms. The van der Waals surface area contributed by atoms with Crippen LogP contribution in [0.2, 0.25) is 0 Å². The fourth-order valence-corrected chi connectivity index (χ4v) is 8.90. The van der Waals surface area contributed by atoms with Crippen molar-refractivity contribution in [3.8, 4) is 61.3 Å². The Morgan fingerprint density at radius 3 is 1.16 bits per heavy atom. The van der Waals surface area contributed by atoms with Crippen LogP contribution < -0.4 is 4.90 Å². The van der Waals surface area contributed by atoms with Gasteiger partial charge in [0.25, 0.3) is 0 Å². The number of benzene rings is 10. The van der Waals surface area contributed by atoms with E-state index in [1.54, 1.807) is 0 Å². The van der Waals surface area contributed by atoms with Crippen LogP contribution in [0.25, 0.3) is 83.1 Å². The molecule has 2 nitrogen and oxygen atoms in total. The third-order valence-electron chi connectivity index (χ3n) is 12.0. The van der Waals surface area contributed by atoms with Gasteiger partial charge in [-0.25, -0.2) is 0 Å². The van der Waals surface area contributed by atoms with Crippen molar-refractivity contribution in [1.29, 1.82) is 0 Å². The van der Waals surface area contributed by atoms with Gasteiger partial charge in [-0.15, -0.1) is 0 Å². The molecule has 0 aliphatic heterocycles. The molecule has 2 heteroatoms. The molecule has 0 N–H and O–H groups in total. The van der Waals surface area contributed by atoms with Crippen molar-refractivity contribution in [2.75, 3.05) is 4.90 Å². The molecule has 0 spiro atoms. The SMILES string of the molecule is c1ccc(-c2ccc(N(c3ccc(-c4ccccc4)cc3)c3cccc(-c4ccc5c(c4)c4ccccc4n5-c4cc(-c5ccccc5)cc(-c5ccccc5)c4)c3)cc2)cc1. The first-order chi connectivity index (χ1) is 30.7. The Morgan fingerprint density at radius 2 is 0.629 bits per heavy atom. The van der Waals surface area contributed by atoms with Crippen molar-refractivity contribution in [3.63, 3.8) is 0 Å². The molecule has 0 saturated carbocycles. The third kappa shape index (κ3) is 7.04. The van der Waals surface area contributed by atoms with E-state index in [1.165, 1.54) is 71.9 Å². The Bertz CT molecular complexity index is 3160. The minimum absolute atomic E-state index is 1.09. The number of rotatable bonds is 9. The second kappa shape index (κ2) is 16.1. The summed E-state index contributed by atoms with van der Waals surface area (Å²) >= 11 is 0. The van der Waals surface area contributed by atoms with Crippen LogP contribution in [-0.4, -0.2) is 4.57 Å². The highest BCUT2D eigenvalue weighted by molar-refractivity contribution is 6.10. The van der Waals surface area contributed by atoms with Crippen LogP contribution in [0.15, 0.2) is 255 Å². The average molecular weight is 791 g/mol. The first-order valence-corrected chi connectivity index (χ1v) is 21.2. The molecule has 62 heavy (non-hydrogen) atoms. The smallest absolute Gasteiger partial charge is 0.0541 e. The van der Waals surface area contributed by atoms with Crippen LogP contribution in [0.1, 0.15) is 0 Å². The zero-order valence-corrected chi connectivity index (χ0v) is 34.1. The van der Waals surface area contributed by atoms with Gasteiger partial charge in [0.05, 0.1) is 11.0 Å². The van der Waals surface area contributed by atoms with Gasteiger partial charge < -0.3 is 9.47 Å². The van der Waals surface area contributed by atoms with E-state index < -0.39 is 0 Å². The summed E-state index contributed by atoms with van der Waals surface area (Å²) < 4.78 is 2.43. The van der Waals surface area contributed by atoms with Crippen LogP contribution in [0.3, 0.4) is 0 Å². The molecule has 0 atom stereocenters. The standard InChI is InChI=1S/C60H42N2/c1-5-16-43(17-6-1)47-28-33-53(34-29-47)61(54-35-30-48(31-36-54)44-18-7-2-8-19-44)55-25-15-24-49(39-55)50-32-37-60-58(42-50)57-26-13-14-27-59(57)62(60)56-40-51(45-20-9-3-10-21-45)38-52(41-56)46-22-11-4-12-23-46/h1-42H. The van der Waals surface area contributed by atoms with Crippen molar-refractivity contribution in [3.05, 3.63) is 255 Å². The van der Waals surface area contributed by atoms with E-state index in [1.807, 2.05) is 0 Å². The van der Waals surface area contributed by atoms with E-state index in [9.17, 15) is 0 Å². The highest BCUT2D eigenvalue weighted by Gasteiger charge is 2.18. The molecule has 11 rings (SSSR count). The minimum atomic E-state index is 1.09. The number of fused-ring (bicyclic) bond motifs is 3. The average Bonchev–Trinajstić information content (AvgIpc) is 3.69. The minimum Gasteiger partial charge on any atom is -0.310 e. The molecular weight excluding hydrogens is 749 g/mol. The van der Waals surface area contributed by atoms with Crippen LogP contribution in [0.5, 0.6) is 0 Å². The summed E-state index contributed by atoms with van der Waals surface area (Å²) in [5, 5.41) is 2.45. The summed E-state index contributed by atoms with van der Waals surface area (Å²) in [7, 11) is 0. The normalized spacial score (nSPS) is 11.2. The summed E-state index contributed by atoms with van der Waals surface area (Å²) in [5.41, 5.74) is 18.7. The number of hydrogen-bond donors (Lipinski definition) is 0. The van der Waals surface area contributed by atoms with E-state index in [-0.39, 0.29) is 0 Å². The van der Waals surface area contributed by atoms with Crippen molar-refractivity contribution in [2.45, 2.75) is 0 Å². The largest absolute Gasteiger partial charge is 0.310 e. The molecule has 1 aromatic heterocycles. The number of hydrogen-bond acceptors (Lipinski definition) is 1. The molecule has 10 aromatic carbocycles. The van der Waals surface area contributed by atoms with Gasteiger partial charge in [0.1, 0.15) is 0 Å². The van der Waals surface area contributed by atoms with E-state index >= 15 is 0 Å². The number of para-hydroxylation sites is 1. The number of anilines is 3. The van der Waals surface area contributed by atoms with Crippen LogP contribution in [0.4, 0.5) is 17.1 Å². The lowest BCUT2D eigenvalue weighted by molar-refractivity contribution is 1.18. The lowest BCUT2D eigenvalue weighted by Gasteiger charge is -2.26. The van der Waals surface area contributed by atoms with Crippen molar-refractivity contribution in [2.24, 2.45) is 0 Å². The first-order valence-electron chi connectivity index (χ1n) is 21.2. The van der Waals surface area contributed by atoms with Gasteiger partial charge in [0.15, 0.2) is 0 Å². The van der Waals surface area contributed by atoms with E-state index in [4.69, 9.17) is 0 Å². The summed E-state index contributed by atoms with van der Waals surface area (Å²) in [6.45, 7) is 0. The van der Waals surface area contributed by atoms with Crippen molar-refractivity contribution < 1.29 is 0 Å². The highest BCUT2D eigenvalue weighted by atomic mass is 15.1. The first kappa shape index (κ1) is 36.8. The zero-order valence-electron chi connectivity index (χ0n) is 34.1. The van der Waals surface area contributed by atoms with E-state index in [0.29, 0.717) is 0 Å². The lowest BCUT2D eigenvalue weighted by atomic mass is 9.98. The summed E-state index contributed by atoms with van der Waals surface area (Å²) in [4.78, 5) is 2.36. The van der Waals surface area contributed by atoms with Gasteiger partial charge in [-0.2, -0.15) is 0 Å². The van der Waals surface area contributed by atoms with Gasteiger partial charge in [-0.1, -0.05) is 182 Å². The second-order valence-corrected chi connectivity index (χ2v) is 15.8. The molecule has 292 valence electrons. The van der Waals surface area contributed by atoms with Crippen LogP contribution in [0, 0.1) is 0 Å². The van der Waals surface area contributed by atoms with Gasteiger partial charge in [0, 0.05) is 33.5 Å². The van der Waals surface area contributed by atoms with E-state index in [2.05, 4.69) is 264 Å². The molecule has 0 saturated heterocycles. The molecule has 0 aliphatic rings. The lowest BCUT2D eigenvalue weighted by Crippen LogP contribution is -2.10. The fourth-order valence-electron chi connectivity index (χ4n) is 8.90. The Kier molecular flexibility index (Phi) is 9.57. The fraction of sp³-hybridized carbons (Fsp3) is 0. The van der Waals surface area contributed by atoms with Gasteiger partial charge in [0.2, 0.25) is 0 Å². The maximum atomic E-state index is 2.43. The summed E-state index contributed by atoms with van der Waals surface area (Å²) in [6, 6.07) is 92.1. The molecule has 0 unspecified atom stereocenters. The Morgan fingerprint density at radius 1 is 0.226 bits per heavy atom. The molecule has 0 radical (unpaired) electrons. The monoisotopic (exact) mass is 790 g/mol. The van der Waals surface area contributed by atoms with E-state index in [0.717, 1.165) is 28.3 Å². The van der Waals surface area contributed by atoms with Crippen molar-refractivity contribution in [1.82, 2.24) is 4.57 Å². The zero-order chi connectivity index (χ0) is 41.2. The Labute approximate surface area is 362 Å². The summed E-state index contributed by atoms with van der Waals surface area (Å²) in [6.07, 6.45) is 0. The number of nitrogens with zero attached hydrogens (tertiary/aromatic N) is 2. The molecular formula is C60H42N2. The van der Waals surface area contributed by atoms with Gasteiger partial charge >= 0.3 is 0 Å². The Hall–Kier alpha value is -8.20. The second-order valence-electron chi connectivity index (χ2n) is 15.8.